The summed E-state index contributed by atoms with van der Waals surface area (Å²) in [6.45, 7) is 4.05. The molecule has 0 aliphatic carbocycles. The van der Waals surface area contributed by atoms with Crippen molar-refractivity contribution in [3.63, 3.8) is 0 Å². The van der Waals surface area contributed by atoms with Gasteiger partial charge in [-0.2, -0.15) is 0 Å². The molecule has 0 fully saturated rings. The van der Waals surface area contributed by atoms with Crippen LogP contribution in [0.2, 0.25) is 0 Å². The quantitative estimate of drug-likeness (QED) is 0.693. The predicted octanol–water partition coefficient (Wildman–Crippen LogP) is 3.65. The van der Waals surface area contributed by atoms with Crippen molar-refractivity contribution >= 4 is 17.7 Å². The molecule has 0 bridgehead atoms. The second-order valence-electron chi connectivity index (χ2n) is 3.35. The molecule has 0 saturated heterocycles. The third-order valence-corrected chi connectivity index (χ3v) is 2.46. The Kier molecular flexibility index (Phi) is 4.02. The lowest BCUT2D eigenvalue weighted by atomic mass is 10.1. The lowest BCUT2D eigenvalue weighted by Crippen LogP contribution is -1.87. The molecule has 0 aliphatic rings. The Morgan fingerprint density at radius 2 is 2.21 bits per heavy atom. The molecule has 0 atom stereocenters. The van der Waals surface area contributed by atoms with Crippen LogP contribution in [0.5, 0.6) is 5.75 Å². The summed E-state index contributed by atoms with van der Waals surface area (Å²) in [5.74, 6) is 1.50. The molecule has 0 amide bonds. The second-order valence-corrected chi connectivity index (χ2v) is 3.62. The summed E-state index contributed by atoms with van der Waals surface area (Å²) in [4.78, 5) is 0. The van der Waals surface area contributed by atoms with E-state index in [1.165, 1.54) is 5.56 Å². The van der Waals surface area contributed by atoms with E-state index in [9.17, 15) is 0 Å². The van der Waals surface area contributed by atoms with E-state index < -0.39 is 0 Å². The Hall–Kier alpha value is -0.950. The van der Waals surface area contributed by atoms with E-state index in [4.69, 9.17) is 16.3 Å². The summed E-state index contributed by atoms with van der Waals surface area (Å²) in [5, 5.41) is 0. The smallest absolute Gasteiger partial charge is 0.121 e. The standard InChI is InChI=1S/C12H15ClO/c1-9(8-13)6-11-4-5-12(14-3)10(2)7-11/h4-7H,8H2,1-3H3. The number of hydrogen-bond acceptors (Lipinski definition) is 1. The first-order valence-electron chi connectivity index (χ1n) is 4.55. The van der Waals surface area contributed by atoms with Crippen molar-refractivity contribution in [3.05, 3.63) is 34.9 Å². The largest absolute Gasteiger partial charge is 0.496 e. The van der Waals surface area contributed by atoms with Gasteiger partial charge in [0.2, 0.25) is 0 Å². The molecule has 1 nitrogen and oxygen atoms in total. The van der Waals surface area contributed by atoms with Gasteiger partial charge in [0.1, 0.15) is 5.75 Å². The molecule has 0 saturated carbocycles. The van der Waals surface area contributed by atoms with Crippen molar-refractivity contribution in [2.75, 3.05) is 13.0 Å². The summed E-state index contributed by atoms with van der Waals surface area (Å²) in [5.41, 5.74) is 3.47. The molecule has 0 radical (unpaired) electrons. The molecule has 0 aromatic heterocycles. The number of rotatable bonds is 3. The van der Waals surface area contributed by atoms with Gasteiger partial charge in [0.15, 0.2) is 0 Å². The van der Waals surface area contributed by atoms with Gasteiger partial charge in [-0.3, -0.25) is 0 Å². The molecule has 1 aromatic rings. The molecule has 0 heterocycles. The lowest BCUT2D eigenvalue weighted by molar-refractivity contribution is 0.411. The Bertz CT molecular complexity index is 342. The van der Waals surface area contributed by atoms with E-state index in [2.05, 4.69) is 12.1 Å². The van der Waals surface area contributed by atoms with Gasteiger partial charge >= 0.3 is 0 Å². The molecule has 2 heteroatoms. The number of methoxy groups -OCH3 is 1. The van der Waals surface area contributed by atoms with E-state index in [-0.39, 0.29) is 0 Å². The minimum absolute atomic E-state index is 0.574. The van der Waals surface area contributed by atoms with Gasteiger partial charge < -0.3 is 4.74 Å². The monoisotopic (exact) mass is 210 g/mol. The zero-order valence-corrected chi connectivity index (χ0v) is 9.56. The van der Waals surface area contributed by atoms with Crippen LogP contribution in [0.15, 0.2) is 23.8 Å². The second kappa shape index (κ2) is 5.06. The van der Waals surface area contributed by atoms with Crippen LogP contribution >= 0.6 is 11.6 Å². The van der Waals surface area contributed by atoms with Crippen molar-refractivity contribution in [1.82, 2.24) is 0 Å². The fraction of sp³-hybridized carbons (Fsp3) is 0.333. The topological polar surface area (TPSA) is 9.23 Å². The number of ether oxygens (including phenoxy) is 1. The predicted molar refractivity (Wildman–Crippen MR) is 62.1 cm³/mol. The van der Waals surface area contributed by atoms with Gasteiger partial charge in [0.25, 0.3) is 0 Å². The lowest BCUT2D eigenvalue weighted by Gasteiger charge is -2.05. The van der Waals surface area contributed by atoms with Crippen LogP contribution in [0.3, 0.4) is 0 Å². The number of allylic oxidation sites excluding steroid dienone is 1. The molecular weight excluding hydrogens is 196 g/mol. The molecule has 1 rings (SSSR count). The minimum atomic E-state index is 0.574. The highest BCUT2D eigenvalue weighted by Crippen LogP contribution is 2.20. The van der Waals surface area contributed by atoms with E-state index in [1.54, 1.807) is 7.11 Å². The van der Waals surface area contributed by atoms with Crippen LogP contribution < -0.4 is 4.74 Å². The third kappa shape index (κ3) is 2.78. The van der Waals surface area contributed by atoms with Crippen LogP contribution in [0.25, 0.3) is 6.08 Å². The molecular formula is C12H15ClO. The first kappa shape index (κ1) is 11.1. The fourth-order valence-corrected chi connectivity index (χ4v) is 1.39. The van der Waals surface area contributed by atoms with E-state index in [0.29, 0.717) is 5.88 Å². The zero-order chi connectivity index (χ0) is 10.6. The number of benzene rings is 1. The fourth-order valence-electron chi connectivity index (χ4n) is 1.31. The Balaban J connectivity index is 2.97. The van der Waals surface area contributed by atoms with Crippen molar-refractivity contribution in [2.45, 2.75) is 13.8 Å². The highest BCUT2D eigenvalue weighted by atomic mass is 35.5. The van der Waals surface area contributed by atoms with Crippen molar-refractivity contribution < 1.29 is 4.74 Å². The van der Waals surface area contributed by atoms with Gasteiger partial charge in [0.05, 0.1) is 7.11 Å². The average molecular weight is 211 g/mol. The summed E-state index contributed by atoms with van der Waals surface area (Å²) >= 11 is 5.71. The summed E-state index contributed by atoms with van der Waals surface area (Å²) < 4.78 is 5.18. The Morgan fingerprint density at radius 3 is 2.71 bits per heavy atom. The van der Waals surface area contributed by atoms with Crippen LogP contribution in [-0.2, 0) is 0 Å². The van der Waals surface area contributed by atoms with Crippen LogP contribution in [0, 0.1) is 6.92 Å². The van der Waals surface area contributed by atoms with Gasteiger partial charge in [-0.15, -0.1) is 11.6 Å². The van der Waals surface area contributed by atoms with Gasteiger partial charge in [-0.25, -0.2) is 0 Å². The van der Waals surface area contributed by atoms with Crippen LogP contribution in [0.4, 0.5) is 0 Å². The van der Waals surface area contributed by atoms with Crippen LogP contribution in [0.1, 0.15) is 18.1 Å². The maximum absolute atomic E-state index is 5.71. The minimum Gasteiger partial charge on any atom is -0.496 e. The van der Waals surface area contributed by atoms with Gasteiger partial charge in [-0.1, -0.05) is 17.7 Å². The summed E-state index contributed by atoms with van der Waals surface area (Å²) in [6.07, 6.45) is 2.08. The highest BCUT2D eigenvalue weighted by Gasteiger charge is 1.97. The first-order valence-corrected chi connectivity index (χ1v) is 5.08. The van der Waals surface area contributed by atoms with Crippen molar-refractivity contribution in [1.29, 1.82) is 0 Å². The SMILES string of the molecule is COc1ccc(C=C(C)CCl)cc1C. The Labute approximate surface area is 90.3 Å². The van der Waals surface area contributed by atoms with Crippen molar-refractivity contribution in [3.8, 4) is 5.75 Å². The third-order valence-electron chi connectivity index (χ3n) is 2.04. The number of hydrogen-bond donors (Lipinski definition) is 0. The molecule has 0 aliphatic heterocycles. The van der Waals surface area contributed by atoms with E-state index in [0.717, 1.165) is 16.9 Å². The number of alkyl halides is 1. The Morgan fingerprint density at radius 1 is 1.50 bits per heavy atom. The number of aryl methyl sites for hydroxylation is 1. The highest BCUT2D eigenvalue weighted by molar-refractivity contribution is 6.19. The van der Waals surface area contributed by atoms with E-state index >= 15 is 0 Å². The zero-order valence-electron chi connectivity index (χ0n) is 8.80. The molecule has 0 unspecified atom stereocenters. The molecule has 0 N–H and O–H groups in total. The maximum Gasteiger partial charge on any atom is 0.121 e. The summed E-state index contributed by atoms with van der Waals surface area (Å²) in [7, 11) is 1.68. The first-order chi connectivity index (χ1) is 6.67. The molecule has 14 heavy (non-hydrogen) atoms. The molecule has 1 aromatic carbocycles. The molecule has 76 valence electrons. The van der Waals surface area contributed by atoms with Crippen LogP contribution in [-0.4, -0.2) is 13.0 Å². The molecule has 0 spiro atoms. The average Bonchev–Trinajstić information content (AvgIpc) is 2.18. The number of halogens is 1. The van der Waals surface area contributed by atoms with Crippen molar-refractivity contribution in [2.24, 2.45) is 0 Å². The van der Waals surface area contributed by atoms with Gasteiger partial charge in [-0.05, 0) is 37.1 Å². The normalized spacial score (nSPS) is 11.6. The summed E-state index contributed by atoms with van der Waals surface area (Å²) in [6, 6.07) is 6.10. The maximum atomic E-state index is 5.71. The van der Waals surface area contributed by atoms with Gasteiger partial charge in [0, 0.05) is 5.88 Å². The van der Waals surface area contributed by atoms with E-state index in [1.807, 2.05) is 26.0 Å².